The number of carbonyl (C=O) groups excluding carboxylic acids is 3. The van der Waals surface area contributed by atoms with Crippen LogP contribution in [0.5, 0.6) is 0 Å². The predicted molar refractivity (Wildman–Crippen MR) is 98.6 cm³/mol. The second-order valence-electron chi connectivity index (χ2n) is 6.13. The van der Waals surface area contributed by atoms with Gasteiger partial charge >= 0.3 is 0 Å². The number of nitrogens with one attached hydrogen (secondary N) is 2. The molecule has 1 aliphatic carbocycles. The SMILES string of the molecule is CCC(=O)NC1=C(N[C@H](C)c2ccccc2)C(=O)c2ccccc2C1=O. The Labute approximate surface area is 152 Å². The van der Waals surface area contributed by atoms with Crippen LogP contribution in [0.3, 0.4) is 0 Å². The number of rotatable bonds is 5. The van der Waals surface area contributed by atoms with Gasteiger partial charge in [0.25, 0.3) is 0 Å². The third-order valence-corrected chi connectivity index (χ3v) is 4.37. The molecular formula is C21H20N2O3. The van der Waals surface area contributed by atoms with Crippen molar-refractivity contribution in [2.24, 2.45) is 0 Å². The van der Waals surface area contributed by atoms with Gasteiger partial charge in [-0.3, -0.25) is 14.4 Å². The molecule has 0 saturated heterocycles. The van der Waals surface area contributed by atoms with Crippen molar-refractivity contribution in [3.8, 4) is 0 Å². The molecule has 2 N–H and O–H groups in total. The second-order valence-corrected chi connectivity index (χ2v) is 6.13. The number of amides is 1. The van der Waals surface area contributed by atoms with E-state index >= 15 is 0 Å². The molecule has 0 aliphatic heterocycles. The lowest BCUT2D eigenvalue weighted by atomic mass is 9.89. The van der Waals surface area contributed by atoms with Crippen LogP contribution < -0.4 is 10.6 Å². The highest BCUT2D eigenvalue weighted by molar-refractivity contribution is 6.27. The molecule has 0 aromatic heterocycles. The Morgan fingerprint density at radius 2 is 1.42 bits per heavy atom. The molecular weight excluding hydrogens is 328 g/mol. The van der Waals surface area contributed by atoms with E-state index < -0.39 is 0 Å². The van der Waals surface area contributed by atoms with Crippen molar-refractivity contribution < 1.29 is 14.4 Å². The maximum Gasteiger partial charge on any atom is 0.224 e. The van der Waals surface area contributed by atoms with Crippen molar-refractivity contribution in [2.75, 3.05) is 0 Å². The first kappa shape index (κ1) is 17.6. The zero-order chi connectivity index (χ0) is 18.7. The molecule has 1 atom stereocenters. The fourth-order valence-corrected chi connectivity index (χ4v) is 2.90. The Morgan fingerprint density at radius 1 is 0.885 bits per heavy atom. The lowest BCUT2D eigenvalue weighted by molar-refractivity contribution is -0.120. The van der Waals surface area contributed by atoms with Crippen molar-refractivity contribution in [3.05, 3.63) is 82.7 Å². The summed E-state index contributed by atoms with van der Waals surface area (Å²) in [6, 6.07) is 16.0. The third-order valence-electron chi connectivity index (χ3n) is 4.37. The largest absolute Gasteiger partial charge is 0.374 e. The first-order valence-corrected chi connectivity index (χ1v) is 8.57. The van der Waals surface area contributed by atoms with Crippen LogP contribution in [0.25, 0.3) is 0 Å². The zero-order valence-corrected chi connectivity index (χ0v) is 14.7. The van der Waals surface area contributed by atoms with E-state index in [1.165, 1.54) is 0 Å². The van der Waals surface area contributed by atoms with Crippen molar-refractivity contribution in [3.63, 3.8) is 0 Å². The van der Waals surface area contributed by atoms with Crippen molar-refractivity contribution in [1.29, 1.82) is 0 Å². The Kier molecular flexibility index (Phi) is 4.98. The van der Waals surface area contributed by atoms with Crippen molar-refractivity contribution >= 4 is 17.5 Å². The summed E-state index contributed by atoms with van der Waals surface area (Å²) in [5, 5.41) is 5.73. The van der Waals surface area contributed by atoms with Crippen LogP contribution in [0, 0.1) is 0 Å². The molecule has 3 rings (SSSR count). The fraction of sp³-hybridized carbons (Fsp3) is 0.190. The first-order valence-electron chi connectivity index (χ1n) is 8.57. The molecule has 5 nitrogen and oxygen atoms in total. The van der Waals surface area contributed by atoms with Crippen LogP contribution in [0.15, 0.2) is 66.0 Å². The van der Waals surface area contributed by atoms with E-state index in [0.29, 0.717) is 11.1 Å². The van der Waals surface area contributed by atoms with E-state index in [-0.39, 0.29) is 41.3 Å². The van der Waals surface area contributed by atoms with E-state index in [1.54, 1.807) is 31.2 Å². The predicted octanol–water partition coefficient (Wildman–Crippen LogP) is 3.15. The normalized spacial score (nSPS) is 14.7. The van der Waals surface area contributed by atoms with Gasteiger partial charge in [-0.1, -0.05) is 61.5 Å². The number of Topliss-reactive ketones (excluding diaryl/α,β-unsaturated/α-hetero) is 2. The lowest BCUT2D eigenvalue weighted by Crippen LogP contribution is -2.38. The minimum absolute atomic E-state index is 0.0170. The summed E-state index contributed by atoms with van der Waals surface area (Å²) in [6.45, 7) is 3.60. The van der Waals surface area contributed by atoms with Gasteiger partial charge in [0.15, 0.2) is 0 Å². The smallest absolute Gasteiger partial charge is 0.224 e. The second kappa shape index (κ2) is 7.35. The molecule has 0 spiro atoms. The molecule has 1 amide bonds. The van der Waals surface area contributed by atoms with Gasteiger partial charge in [0.1, 0.15) is 11.4 Å². The van der Waals surface area contributed by atoms with Gasteiger partial charge in [-0.15, -0.1) is 0 Å². The Bertz CT molecular complexity index is 900. The topological polar surface area (TPSA) is 75.3 Å². The maximum atomic E-state index is 13.0. The number of ketones is 2. The van der Waals surface area contributed by atoms with Crippen LogP contribution in [0.4, 0.5) is 0 Å². The molecule has 5 heteroatoms. The van der Waals surface area contributed by atoms with Crippen molar-refractivity contribution in [2.45, 2.75) is 26.3 Å². The molecule has 0 fully saturated rings. The number of hydrogen-bond donors (Lipinski definition) is 2. The van der Waals surface area contributed by atoms with Gasteiger partial charge in [-0.2, -0.15) is 0 Å². The molecule has 2 aromatic rings. The molecule has 0 saturated carbocycles. The average molecular weight is 348 g/mol. The molecule has 0 unspecified atom stereocenters. The molecule has 1 aliphatic rings. The van der Waals surface area contributed by atoms with E-state index in [1.807, 2.05) is 37.3 Å². The summed E-state index contributed by atoms with van der Waals surface area (Å²) in [5.41, 5.74) is 1.77. The fourth-order valence-electron chi connectivity index (χ4n) is 2.90. The van der Waals surface area contributed by atoms with Gasteiger partial charge < -0.3 is 10.6 Å². The van der Waals surface area contributed by atoms with Gasteiger partial charge in [0.2, 0.25) is 17.5 Å². The summed E-state index contributed by atoms with van der Waals surface area (Å²) in [6.07, 6.45) is 0.216. The van der Waals surface area contributed by atoms with Crippen molar-refractivity contribution in [1.82, 2.24) is 10.6 Å². The van der Waals surface area contributed by atoms with E-state index in [9.17, 15) is 14.4 Å². The number of allylic oxidation sites excluding steroid dienone is 2. The van der Waals surface area contributed by atoms with E-state index in [4.69, 9.17) is 0 Å². The standard InChI is InChI=1S/C21H20N2O3/c1-3-17(24)23-19-18(22-13(2)14-9-5-4-6-10-14)20(25)15-11-7-8-12-16(15)21(19)26/h4-13,22H,3H2,1-2H3,(H,23,24)/t13-/m1/s1. The summed E-state index contributed by atoms with van der Waals surface area (Å²) in [5.74, 6) is -0.966. The minimum Gasteiger partial charge on any atom is -0.374 e. The van der Waals surface area contributed by atoms with Crippen LogP contribution in [-0.2, 0) is 4.79 Å². The summed E-state index contributed by atoms with van der Waals surface area (Å²) in [7, 11) is 0. The summed E-state index contributed by atoms with van der Waals surface area (Å²) in [4.78, 5) is 37.8. The Morgan fingerprint density at radius 3 is 2.00 bits per heavy atom. The Hall–Kier alpha value is -3.21. The first-order chi connectivity index (χ1) is 12.5. The van der Waals surface area contributed by atoms with Crippen LogP contribution >= 0.6 is 0 Å². The molecule has 0 bridgehead atoms. The van der Waals surface area contributed by atoms with E-state index in [2.05, 4.69) is 10.6 Å². The van der Waals surface area contributed by atoms with Gasteiger partial charge in [-0.25, -0.2) is 0 Å². The zero-order valence-electron chi connectivity index (χ0n) is 14.7. The van der Waals surface area contributed by atoms with Gasteiger partial charge in [0, 0.05) is 23.6 Å². The summed E-state index contributed by atoms with van der Waals surface area (Å²) >= 11 is 0. The maximum absolute atomic E-state index is 13.0. The number of fused-ring (bicyclic) bond motifs is 1. The monoisotopic (exact) mass is 348 g/mol. The highest BCUT2D eigenvalue weighted by Gasteiger charge is 2.33. The Balaban J connectivity index is 2.03. The van der Waals surface area contributed by atoms with Crippen LogP contribution in [0.2, 0.25) is 0 Å². The molecule has 0 radical (unpaired) electrons. The highest BCUT2D eigenvalue weighted by Crippen LogP contribution is 2.26. The molecule has 132 valence electrons. The van der Waals surface area contributed by atoms with Crippen LogP contribution in [-0.4, -0.2) is 17.5 Å². The van der Waals surface area contributed by atoms with Crippen LogP contribution in [0.1, 0.15) is 52.6 Å². The molecule has 2 aromatic carbocycles. The molecule has 0 heterocycles. The number of hydrogen-bond acceptors (Lipinski definition) is 4. The summed E-state index contributed by atoms with van der Waals surface area (Å²) < 4.78 is 0. The average Bonchev–Trinajstić information content (AvgIpc) is 2.69. The minimum atomic E-state index is -0.357. The number of carbonyl (C=O) groups is 3. The third kappa shape index (κ3) is 3.28. The van der Waals surface area contributed by atoms with E-state index in [0.717, 1.165) is 5.56 Å². The quantitative estimate of drug-likeness (QED) is 0.870. The number of benzene rings is 2. The lowest BCUT2D eigenvalue weighted by Gasteiger charge is -2.25. The van der Waals surface area contributed by atoms with Gasteiger partial charge in [-0.05, 0) is 12.5 Å². The highest BCUT2D eigenvalue weighted by atomic mass is 16.2. The molecule has 26 heavy (non-hydrogen) atoms. The van der Waals surface area contributed by atoms with Gasteiger partial charge in [0.05, 0.1) is 0 Å².